The molecule has 11 rings (SSSR count). The summed E-state index contributed by atoms with van der Waals surface area (Å²) >= 11 is 0. The maximum atomic E-state index is 2.45. The molecule has 0 saturated heterocycles. The largest absolute Gasteiger partial charge is 0.0616 e. The molecule has 0 aliphatic heterocycles. The summed E-state index contributed by atoms with van der Waals surface area (Å²) in [6.45, 7) is 4.78. The fourth-order valence-corrected chi connectivity index (χ4v) is 9.55. The first-order valence-electron chi connectivity index (χ1n) is 18.0. The molecule has 1 aliphatic rings. The minimum atomic E-state index is -0.107. The molecule has 51 heavy (non-hydrogen) atoms. The van der Waals surface area contributed by atoms with Crippen molar-refractivity contribution in [1.82, 2.24) is 0 Å². The molecule has 0 atom stereocenters. The molecule has 0 heterocycles. The fraction of sp³-hybridized carbons (Fsp3) is 0.0588. The lowest BCUT2D eigenvalue weighted by Gasteiger charge is -2.23. The fourth-order valence-electron chi connectivity index (χ4n) is 9.55. The second kappa shape index (κ2) is 10.4. The average Bonchev–Trinajstić information content (AvgIpc) is 3.43. The highest BCUT2D eigenvalue weighted by Gasteiger charge is 2.38. The zero-order valence-electron chi connectivity index (χ0n) is 28.7. The van der Waals surface area contributed by atoms with Gasteiger partial charge in [0.25, 0.3) is 0 Å². The Bertz CT molecular complexity index is 3050. The van der Waals surface area contributed by atoms with Gasteiger partial charge in [-0.3, -0.25) is 0 Å². The average molecular weight is 647 g/mol. The third kappa shape index (κ3) is 3.85. The lowest BCUT2D eigenvalue weighted by Crippen LogP contribution is -2.14. The van der Waals surface area contributed by atoms with Gasteiger partial charge in [0.1, 0.15) is 0 Å². The molecule has 10 aromatic carbocycles. The Morgan fingerprint density at radius 3 is 1.43 bits per heavy atom. The van der Waals surface area contributed by atoms with Crippen LogP contribution in [0.5, 0.6) is 0 Å². The molecular weight excluding hydrogens is 613 g/mol. The van der Waals surface area contributed by atoms with Gasteiger partial charge >= 0.3 is 0 Å². The molecule has 0 unspecified atom stereocenters. The van der Waals surface area contributed by atoms with Gasteiger partial charge in [-0.15, -0.1) is 0 Å². The summed E-state index contributed by atoms with van der Waals surface area (Å²) in [4.78, 5) is 0. The quantitative estimate of drug-likeness (QED) is 0.129. The van der Waals surface area contributed by atoms with E-state index in [1.54, 1.807) is 0 Å². The normalized spacial score (nSPS) is 13.5. The van der Waals surface area contributed by atoms with Crippen molar-refractivity contribution in [2.75, 3.05) is 0 Å². The summed E-state index contributed by atoms with van der Waals surface area (Å²) in [7, 11) is 0. The second-order valence-corrected chi connectivity index (χ2v) is 14.8. The highest BCUT2D eigenvalue weighted by Crippen LogP contribution is 2.56. The number of hydrogen-bond acceptors (Lipinski definition) is 0. The Morgan fingerprint density at radius 1 is 0.294 bits per heavy atom. The van der Waals surface area contributed by atoms with Gasteiger partial charge in [-0.25, -0.2) is 0 Å². The van der Waals surface area contributed by atoms with Crippen LogP contribution in [-0.4, -0.2) is 0 Å². The first kappa shape index (κ1) is 28.6. The lowest BCUT2D eigenvalue weighted by atomic mass is 9.80. The van der Waals surface area contributed by atoms with Crippen molar-refractivity contribution < 1.29 is 0 Å². The van der Waals surface area contributed by atoms with E-state index in [4.69, 9.17) is 0 Å². The molecule has 238 valence electrons. The molecule has 0 bridgehead atoms. The maximum Gasteiger partial charge on any atom is 0.0159 e. The van der Waals surface area contributed by atoms with Crippen molar-refractivity contribution in [3.63, 3.8) is 0 Å². The van der Waals surface area contributed by atoms with E-state index in [9.17, 15) is 0 Å². The van der Waals surface area contributed by atoms with Crippen LogP contribution in [0.15, 0.2) is 170 Å². The molecule has 1 aliphatic carbocycles. The Hall–Kier alpha value is -6.24. The Labute approximate surface area is 297 Å². The Balaban J connectivity index is 1.29. The van der Waals surface area contributed by atoms with Gasteiger partial charge in [0.2, 0.25) is 0 Å². The zero-order valence-corrected chi connectivity index (χ0v) is 28.7. The Morgan fingerprint density at radius 2 is 0.765 bits per heavy atom. The summed E-state index contributed by atoms with van der Waals surface area (Å²) in [6.07, 6.45) is 0. The zero-order chi connectivity index (χ0) is 33.8. The first-order valence-corrected chi connectivity index (χ1v) is 18.0. The van der Waals surface area contributed by atoms with E-state index in [0.29, 0.717) is 0 Å². The van der Waals surface area contributed by atoms with Gasteiger partial charge in [-0.05, 0) is 115 Å². The van der Waals surface area contributed by atoms with E-state index in [0.717, 1.165) is 0 Å². The van der Waals surface area contributed by atoms with E-state index in [-0.39, 0.29) is 5.41 Å². The van der Waals surface area contributed by atoms with Crippen molar-refractivity contribution in [3.05, 3.63) is 181 Å². The van der Waals surface area contributed by atoms with Crippen molar-refractivity contribution in [2.24, 2.45) is 0 Å². The van der Waals surface area contributed by atoms with E-state index in [1.165, 1.54) is 109 Å². The van der Waals surface area contributed by atoms with E-state index < -0.39 is 0 Å². The summed E-state index contributed by atoms with van der Waals surface area (Å²) in [6, 6.07) is 63.6. The molecule has 0 radical (unpaired) electrons. The molecule has 0 fully saturated rings. The summed E-state index contributed by atoms with van der Waals surface area (Å²) < 4.78 is 0. The van der Waals surface area contributed by atoms with Crippen LogP contribution < -0.4 is 0 Å². The van der Waals surface area contributed by atoms with Crippen LogP contribution >= 0.6 is 0 Å². The molecular formula is C51H34. The van der Waals surface area contributed by atoms with Crippen LogP contribution in [0.1, 0.15) is 25.0 Å². The van der Waals surface area contributed by atoms with Crippen LogP contribution in [0.2, 0.25) is 0 Å². The van der Waals surface area contributed by atoms with E-state index in [1.807, 2.05) is 0 Å². The number of rotatable bonds is 2. The molecule has 0 saturated carbocycles. The SMILES string of the molecule is CC1(C)c2cccc(-c3c4ccccc4c(-c4cc5ccc6ccccc6c5c5ccccc45)c4ccccc34)c2-c2c1ccc1ccccc21. The van der Waals surface area contributed by atoms with Crippen LogP contribution in [0.3, 0.4) is 0 Å². The van der Waals surface area contributed by atoms with Gasteiger partial charge in [0.15, 0.2) is 0 Å². The molecule has 0 spiro atoms. The summed E-state index contributed by atoms with van der Waals surface area (Å²) in [5.41, 5.74) is 10.7. The van der Waals surface area contributed by atoms with Crippen molar-refractivity contribution in [3.8, 4) is 33.4 Å². The van der Waals surface area contributed by atoms with Gasteiger partial charge in [0, 0.05) is 5.41 Å². The van der Waals surface area contributed by atoms with Gasteiger partial charge < -0.3 is 0 Å². The van der Waals surface area contributed by atoms with Crippen LogP contribution in [0.25, 0.3) is 98.0 Å². The van der Waals surface area contributed by atoms with Crippen molar-refractivity contribution in [2.45, 2.75) is 19.3 Å². The highest BCUT2D eigenvalue weighted by molar-refractivity contribution is 6.29. The third-order valence-corrected chi connectivity index (χ3v) is 11.8. The lowest BCUT2D eigenvalue weighted by molar-refractivity contribution is 0.661. The minimum Gasteiger partial charge on any atom is -0.0616 e. The third-order valence-electron chi connectivity index (χ3n) is 11.8. The molecule has 0 amide bonds. The topological polar surface area (TPSA) is 0 Å². The van der Waals surface area contributed by atoms with Crippen LogP contribution in [-0.2, 0) is 5.41 Å². The Kier molecular flexibility index (Phi) is 5.82. The molecule has 0 aromatic heterocycles. The first-order chi connectivity index (χ1) is 25.1. The highest BCUT2D eigenvalue weighted by atomic mass is 14.4. The second-order valence-electron chi connectivity index (χ2n) is 14.8. The monoisotopic (exact) mass is 646 g/mol. The number of benzene rings is 10. The smallest absolute Gasteiger partial charge is 0.0159 e. The summed E-state index contributed by atoms with van der Waals surface area (Å²) in [5.74, 6) is 0. The number of fused-ring (bicyclic) bond motifs is 12. The predicted molar refractivity (Wildman–Crippen MR) is 220 cm³/mol. The van der Waals surface area contributed by atoms with E-state index >= 15 is 0 Å². The predicted octanol–water partition coefficient (Wildman–Crippen LogP) is 14.2. The molecule has 10 aromatic rings. The van der Waals surface area contributed by atoms with Gasteiger partial charge in [0.05, 0.1) is 0 Å². The van der Waals surface area contributed by atoms with Crippen molar-refractivity contribution >= 4 is 64.6 Å². The summed E-state index contributed by atoms with van der Waals surface area (Å²) in [5, 5.41) is 15.5. The van der Waals surface area contributed by atoms with Crippen LogP contribution in [0.4, 0.5) is 0 Å². The maximum absolute atomic E-state index is 2.45. The number of hydrogen-bond donors (Lipinski definition) is 0. The minimum absolute atomic E-state index is 0.107. The van der Waals surface area contributed by atoms with Crippen LogP contribution in [0, 0.1) is 0 Å². The van der Waals surface area contributed by atoms with Crippen molar-refractivity contribution in [1.29, 1.82) is 0 Å². The standard InChI is InChI=1S/C51H34/c1-51(2)44-25-13-24-42(50(44)49-35-17-6-4-15-32(35)28-29-45(49)51)47-38-20-9-11-22-40(38)48(41-23-12-10-21-39(41)47)43-30-33-27-26-31-14-3-5-16-34(31)46(33)37-19-8-7-18-36(37)43/h3-30H,1-2H3. The molecule has 0 nitrogen and oxygen atoms in total. The van der Waals surface area contributed by atoms with Gasteiger partial charge in [-0.2, -0.15) is 0 Å². The molecule has 0 heteroatoms. The van der Waals surface area contributed by atoms with Gasteiger partial charge in [-0.1, -0.05) is 178 Å². The molecule has 0 N–H and O–H groups in total. The van der Waals surface area contributed by atoms with E-state index in [2.05, 4.69) is 184 Å².